The van der Waals surface area contributed by atoms with Crippen LogP contribution in [0.2, 0.25) is 0 Å². The van der Waals surface area contributed by atoms with Crippen LogP contribution in [0.25, 0.3) is 0 Å². The van der Waals surface area contributed by atoms with Crippen molar-refractivity contribution in [2.24, 2.45) is 0 Å². The molecule has 1 amide bonds. The van der Waals surface area contributed by atoms with Crippen molar-refractivity contribution >= 4 is 11.6 Å². The van der Waals surface area contributed by atoms with E-state index in [1.54, 1.807) is 18.0 Å². The van der Waals surface area contributed by atoms with Crippen molar-refractivity contribution in [2.75, 3.05) is 12.8 Å². The van der Waals surface area contributed by atoms with E-state index in [1.165, 1.54) is 0 Å². The number of amides is 1. The second-order valence-corrected chi connectivity index (χ2v) is 4.29. The van der Waals surface area contributed by atoms with Crippen molar-refractivity contribution in [3.63, 3.8) is 0 Å². The van der Waals surface area contributed by atoms with Gasteiger partial charge in [0, 0.05) is 25.9 Å². The van der Waals surface area contributed by atoms with Crippen molar-refractivity contribution in [3.05, 3.63) is 11.9 Å². The van der Waals surface area contributed by atoms with Crippen LogP contribution in [-0.4, -0.2) is 34.9 Å². The van der Waals surface area contributed by atoms with Crippen LogP contribution in [0.3, 0.4) is 0 Å². The van der Waals surface area contributed by atoms with Crippen LogP contribution in [0.5, 0.6) is 0 Å². The minimum Gasteiger partial charge on any atom is -0.396 e. The highest BCUT2D eigenvalue weighted by atomic mass is 16.5. The molecule has 17 heavy (non-hydrogen) atoms. The third-order valence-corrected chi connectivity index (χ3v) is 3.09. The second kappa shape index (κ2) is 4.75. The summed E-state index contributed by atoms with van der Waals surface area (Å²) in [5, 5.41) is 7.03. The molecule has 0 spiro atoms. The van der Waals surface area contributed by atoms with E-state index >= 15 is 0 Å². The first kappa shape index (κ1) is 11.9. The van der Waals surface area contributed by atoms with Crippen LogP contribution in [0.1, 0.15) is 30.3 Å². The number of rotatable bonds is 4. The van der Waals surface area contributed by atoms with E-state index in [0.717, 1.165) is 12.8 Å². The molecular formula is C11H18N4O2. The molecule has 1 aliphatic carbocycles. The Morgan fingerprint density at radius 2 is 2.41 bits per heavy atom. The Morgan fingerprint density at radius 3 is 2.94 bits per heavy atom. The number of methoxy groups -OCH3 is 1. The molecule has 1 aromatic rings. The monoisotopic (exact) mass is 238 g/mol. The highest BCUT2D eigenvalue weighted by molar-refractivity contribution is 5.97. The maximum Gasteiger partial charge on any atom is 0.274 e. The Balaban J connectivity index is 1.93. The molecule has 1 aliphatic rings. The van der Waals surface area contributed by atoms with Crippen molar-refractivity contribution < 1.29 is 9.53 Å². The Kier molecular flexibility index (Phi) is 3.33. The highest BCUT2D eigenvalue weighted by Crippen LogP contribution is 2.23. The lowest BCUT2D eigenvalue weighted by Gasteiger charge is -2.34. The average molecular weight is 238 g/mol. The Labute approximate surface area is 100 Å². The predicted octanol–water partition coefficient (Wildman–Crippen LogP) is 0.392. The molecule has 3 N–H and O–H groups in total. The van der Waals surface area contributed by atoms with E-state index in [1.807, 2.05) is 6.92 Å². The zero-order valence-electron chi connectivity index (χ0n) is 10.1. The standard InChI is InChI=1S/C11H18N4O2/c1-3-15-6-9(12)10(14-15)11(16)13-7-4-8(5-7)17-2/h6-8H,3-5,12H2,1-2H3,(H,13,16). The molecule has 0 aromatic carbocycles. The number of aromatic nitrogens is 2. The molecule has 94 valence electrons. The van der Waals surface area contributed by atoms with Gasteiger partial charge >= 0.3 is 0 Å². The molecule has 0 atom stereocenters. The fraction of sp³-hybridized carbons (Fsp3) is 0.636. The molecule has 2 rings (SSSR count). The predicted molar refractivity (Wildman–Crippen MR) is 63.6 cm³/mol. The third kappa shape index (κ3) is 2.41. The first-order valence-electron chi connectivity index (χ1n) is 5.80. The number of hydrogen-bond donors (Lipinski definition) is 2. The molecule has 0 radical (unpaired) electrons. The van der Waals surface area contributed by atoms with Gasteiger partial charge in [-0.3, -0.25) is 9.48 Å². The van der Waals surface area contributed by atoms with Crippen LogP contribution < -0.4 is 11.1 Å². The summed E-state index contributed by atoms with van der Waals surface area (Å²) >= 11 is 0. The molecular weight excluding hydrogens is 220 g/mol. The normalized spacial score (nSPS) is 23.2. The number of nitrogen functional groups attached to an aromatic ring is 1. The van der Waals surface area contributed by atoms with Gasteiger partial charge in [0.1, 0.15) is 0 Å². The summed E-state index contributed by atoms with van der Waals surface area (Å²) in [5.41, 5.74) is 6.47. The van der Waals surface area contributed by atoms with E-state index in [0.29, 0.717) is 17.9 Å². The van der Waals surface area contributed by atoms with Crippen LogP contribution in [0.15, 0.2) is 6.20 Å². The fourth-order valence-corrected chi connectivity index (χ4v) is 1.90. The largest absolute Gasteiger partial charge is 0.396 e. The first-order valence-corrected chi connectivity index (χ1v) is 5.80. The number of carbonyl (C=O) groups excluding carboxylic acids is 1. The summed E-state index contributed by atoms with van der Waals surface area (Å²) in [4.78, 5) is 11.9. The van der Waals surface area contributed by atoms with Crippen LogP contribution in [-0.2, 0) is 11.3 Å². The Morgan fingerprint density at radius 1 is 1.71 bits per heavy atom. The van der Waals surface area contributed by atoms with Gasteiger partial charge in [0.25, 0.3) is 5.91 Å². The molecule has 6 heteroatoms. The third-order valence-electron chi connectivity index (χ3n) is 3.09. The quantitative estimate of drug-likeness (QED) is 0.795. The zero-order chi connectivity index (χ0) is 12.4. The van der Waals surface area contributed by atoms with E-state index in [-0.39, 0.29) is 18.1 Å². The molecule has 1 saturated carbocycles. The molecule has 0 bridgehead atoms. The number of nitrogens with one attached hydrogen (secondary N) is 1. The van der Waals surface area contributed by atoms with Crippen molar-refractivity contribution in [1.82, 2.24) is 15.1 Å². The van der Waals surface area contributed by atoms with E-state index in [9.17, 15) is 4.79 Å². The van der Waals surface area contributed by atoms with Gasteiger partial charge in [-0.25, -0.2) is 0 Å². The number of nitrogens with two attached hydrogens (primary N) is 1. The fourth-order valence-electron chi connectivity index (χ4n) is 1.90. The summed E-state index contributed by atoms with van der Waals surface area (Å²) in [6.07, 6.45) is 3.66. The van der Waals surface area contributed by atoms with Gasteiger partial charge in [-0.1, -0.05) is 0 Å². The van der Waals surface area contributed by atoms with Gasteiger partial charge in [-0.15, -0.1) is 0 Å². The van der Waals surface area contributed by atoms with E-state index in [2.05, 4.69) is 10.4 Å². The maximum absolute atomic E-state index is 11.9. The first-order chi connectivity index (χ1) is 8.13. The average Bonchev–Trinajstić information content (AvgIpc) is 2.64. The second-order valence-electron chi connectivity index (χ2n) is 4.29. The SMILES string of the molecule is CCn1cc(N)c(C(=O)NC2CC(OC)C2)n1. The Hall–Kier alpha value is -1.56. The summed E-state index contributed by atoms with van der Waals surface area (Å²) in [7, 11) is 1.68. The molecule has 0 saturated heterocycles. The lowest BCUT2D eigenvalue weighted by Crippen LogP contribution is -2.47. The molecule has 6 nitrogen and oxygen atoms in total. The number of aryl methyl sites for hydroxylation is 1. The summed E-state index contributed by atoms with van der Waals surface area (Å²) in [5.74, 6) is -0.200. The number of carbonyl (C=O) groups is 1. The number of nitrogens with zero attached hydrogens (tertiary/aromatic N) is 2. The molecule has 0 unspecified atom stereocenters. The summed E-state index contributed by atoms with van der Waals surface area (Å²) in [6.45, 7) is 2.65. The van der Waals surface area contributed by atoms with E-state index < -0.39 is 0 Å². The zero-order valence-corrected chi connectivity index (χ0v) is 10.1. The molecule has 0 aliphatic heterocycles. The summed E-state index contributed by atoms with van der Waals surface area (Å²) < 4.78 is 6.81. The van der Waals surface area contributed by atoms with Gasteiger partial charge in [-0.2, -0.15) is 5.10 Å². The molecule has 1 aromatic heterocycles. The Bertz CT molecular complexity index is 410. The maximum atomic E-state index is 11.9. The van der Waals surface area contributed by atoms with Gasteiger partial charge in [0.05, 0.1) is 11.8 Å². The van der Waals surface area contributed by atoms with Crippen molar-refractivity contribution in [1.29, 1.82) is 0 Å². The number of anilines is 1. The summed E-state index contributed by atoms with van der Waals surface area (Å²) in [6, 6.07) is 0.179. The molecule has 1 heterocycles. The lowest BCUT2D eigenvalue weighted by atomic mass is 9.89. The van der Waals surface area contributed by atoms with Gasteiger partial charge in [0.2, 0.25) is 0 Å². The van der Waals surface area contributed by atoms with Gasteiger partial charge in [0.15, 0.2) is 5.69 Å². The lowest BCUT2D eigenvalue weighted by molar-refractivity contribution is 0.0175. The number of ether oxygens (including phenoxy) is 1. The van der Waals surface area contributed by atoms with Crippen molar-refractivity contribution in [2.45, 2.75) is 38.5 Å². The van der Waals surface area contributed by atoms with E-state index in [4.69, 9.17) is 10.5 Å². The van der Waals surface area contributed by atoms with Crippen LogP contribution >= 0.6 is 0 Å². The highest BCUT2D eigenvalue weighted by Gasteiger charge is 2.31. The number of hydrogen-bond acceptors (Lipinski definition) is 4. The minimum absolute atomic E-state index is 0.179. The van der Waals surface area contributed by atoms with Gasteiger partial charge in [-0.05, 0) is 19.8 Å². The van der Waals surface area contributed by atoms with Gasteiger partial charge < -0.3 is 15.8 Å². The van der Waals surface area contributed by atoms with Crippen LogP contribution in [0.4, 0.5) is 5.69 Å². The topological polar surface area (TPSA) is 82.2 Å². The van der Waals surface area contributed by atoms with Crippen LogP contribution in [0, 0.1) is 0 Å². The van der Waals surface area contributed by atoms with Crippen molar-refractivity contribution in [3.8, 4) is 0 Å². The minimum atomic E-state index is -0.200. The smallest absolute Gasteiger partial charge is 0.274 e. The molecule has 1 fully saturated rings.